The lowest BCUT2D eigenvalue weighted by Crippen LogP contribution is -2.34. The summed E-state index contributed by atoms with van der Waals surface area (Å²) in [5.74, 6) is 0.443. The monoisotopic (exact) mass is 295 g/mol. The molecule has 1 atom stereocenters. The van der Waals surface area contributed by atoms with E-state index in [0.717, 1.165) is 31.5 Å². The number of nitrogens with zero attached hydrogens (tertiary/aromatic N) is 1. The first-order valence-corrected chi connectivity index (χ1v) is 6.21. The lowest BCUT2D eigenvalue weighted by Gasteiger charge is -2.29. The average Bonchev–Trinajstić information content (AvgIpc) is 2.30. The lowest BCUT2D eigenvalue weighted by atomic mass is 9.87. The summed E-state index contributed by atoms with van der Waals surface area (Å²) in [4.78, 5) is 3.94. The van der Waals surface area contributed by atoms with E-state index in [2.05, 4.69) is 10.3 Å². The van der Waals surface area contributed by atoms with Crippen molar-refractivity contribution < 1.29 is 0 Å². The second-order valence-electron chi connectivity index (χ2n) is 4.13. The van der Waals surface area contributed by atoms with Gasteiger partial charge in [0.2, 0.25) is 0 Å². The first kappa shape index (κ1) is 15.0. The summed E-state index contributed by atoms with van der Waals surface area (Å²) in [5.41, 5.74) is 7.09. The molecule has 1 aliphatic rings. The highest BCUT2D eigenvalue weighted by molar-refractivity contribution is 6.35. The van der Waals surface area contributed by atoms with E-state index in [1.54, 1.807) is 12.4 Å². The second-order valence-corrected chi connectivity index (χ2v) is 4.94. The maximum atomic E-state index is 6.25. The van der Waals surface area contributed by atoms with Crippen LogP contribution in [0.5, 0.6) is 0 Å². The van der Waals surface area contributed by atoms with E-state index in [9.17, 15) is 0 Å². The summed E-state index contributed by atoms with van der Waals surface area (Å²) in [6.45, 7) is 2.03. The smallest absolute Gasteiger partial charge is 0.0652 e. The second kappa shape index (κ2) is 6.76. The molecule has 1 aromatic rings. The standard InChI is InChI=1S/C11H15Cl2N3.ClH/c12-8-5-16-6-9(13)10(8)11(14)7-1-3-15-4-2-7;/h5-7,11,15H,1-4,14H2;1H/t11-;/m1./s1. The third-order valence-electron chi connectivity index (χ3n) is 3.12. The van der Waals surface area contributed by atoms with Gasteiger partial charge in [-0.15, -0.1) is 12.4 Å². The van der Waals surface area contributed by atoms with Gasteiger partial charge < -0.3 is 11.1 Å². The fraction of sp³-hybridized carbons (Fsp3) is 0.545. The lowest BCUT2D eigenvalue weighted by molar-refractivity contribution is 0.322. The molecule has 3 N–H and O–H groups in total. The van der Waals surface area contributed by atoms with E-state index in [1.165, 1.54) is 0 Å². The highest BCUT2D eigenvalue weighted by atomic mass is 35.5. The van der Waals surface area contributed by atoms with Crippen molar-refractivity contribution in [3.8, 4) is 0 Å². The molecule has 3 nitrogen and oxygen atoms in total. The van der Waals surface area contributed by atoms with Gasteiger partial charge >= 0.3 is 0 Å². The number of aromatic nitrogens is 1. The van der Waals surface area contributed by atoms with Crippen LogP contribution < -0.4 is 11.1 Å². The average molecular weight is 297 g/mol. The van der Waals surface area contributed by atoms with Crippen LogP contribution in [0.1, 0.15) is 24.4 Å². The maximum Gasteiger partial charge on any atom is 0.0652 e. The molecule has 1 aromatic heterocycles. The number of rotatable bonds is 2. The zero-order valence-corrected chi connectivity index (χ0v) is 11.7. The zero-order chi connectivity index (χ0) is 11.5. The fourth-order valence-corrected chi connectivity index (χ4v) is 2.80. The van der Waals surface area contributed by atoms with Crippen molar-refractivity contribution in [3.05, 3.63) is 28.0 Å². The van der Waals surface area contributed by atoms with E-state index in [0.29, 0.717) is 16.0 Å². The quantitative estimate of drug-likeness (QED) is 0.882. The van der Waals surface area contributed by atoms with Gasteiger partial charge in [-0.2, -0.15) is 0 Å². The highest BCUT2D eigenvalue weighted by Gasteiger charge is 2.25. The van der Waals surface area contributed by atoms with Crippen LogP contribution in [-0.2, 0) is 0 Å². The number of piperidine rings is 1. The summed E-state index contributed by atoms with van der Waals surface area (Å²) in [6.07, 6.45) is 5.33. The Bertz CT molecular complexity index is 347. The van der Waals surface area contributed by atoms with Gasteiger partial charge in [0.25, 0.3) is 0 Å². The number of halogens is 3. The Morgan fingerprint density at radius 2 is 1.76 bits per heavy atom. The van der Waals surface area contributed by atoms with Gasteiger partial charge in [-0.3, -0.25) is 4.98 Å². The van der Waals surface area contributed by atoms with Crippen molar-refractivity contribution in [1.82, 2.24) is 10.3 Å². The topological polar surface area (TPSA) is 50.9 Å². The van der Waals surface area contributed by atoms with E-state index in [1.807, 2.05) is 0 Å². The molecule has 0 amide bonds. The summed E-state index contributed by atoms with van der Waals surface area (Å²) in [6, 6.07) is -0.0925. The molecule has 96 valence electrons. The molecule has 0 bridgehead atoms. The van der Waals surface area contributed by atoms with Crippen LogP contribution in [0.15, 0.2) is 12.4 Å². The molecule has 0 aliphatic carbocycles. The molecule has 1 fully saturated rings. The molecule has 2 rings (SSSR count). The minimum absolute atomic E-state index is 0. The van der Waals surface area contributed by atoms with Crippen molar-refractivity contribution in [2.45, 2.75) is 18.9 Å². The van der Waals surface area contributed by atoms with Crippen LogP contribution in [0.25, 0.3) is 0 Å². The number of nitrogens with one attached hydrogen (secondary N) is 1. The van der Waals surface area contributed by atoms with Gasteiger partial charge in [0.05, 0.1) is 10.0 Å². The first-order chi connectivity index (χ1) is 7.70. The Morgan fingerprint density at radius 3 is 2.29 bits per heavy atom. The highest BCUT2D eigenvalue weighted by Crippen LogP contribution is 2.34. The number of hydrogen-bond acceptors (Lipinski definition) is 3. The molecule has 2 heterocycles. The summed E-state index contributed by atoms with van der Waals surface area (Å²) < 4.78 is 0. The third-order valence-corrected chi connectivity index (χ3v) is 3.72. The van der Waals surface area contributed by atoms with Crippen molar-refractivity contribution in [2.24, 2.45) is 11.7 Å². The van der Waals surface area contributed by atoms with Crippen molar-refractivity contribution in [1.29, 1.82) is 0 Å². The predicted molar refractivity (Wildman–Crippen MR) is 74.0 cm³/mol. The molecule has 1 aliphatic heterocycles. The molecule has 1 saturated heterocycles. The Hall–Kier alpha value is -0.0600. The van der Waals surface area contributed by atoms with E-state index in [-0.39, 0.29) is 18.4 Å². The van der Waals surface area contributed by atoms with Crippen molar-refractivity contribution in [3.63, 3.8) is 0 Å². The zero-order valence-electron chi connectivity index (χ0n) is 9.33. The Labute approximate surface area is 117 Å². The summed E-state index contributed by atoms with van der Waals surface area (Å²) in [7, 11) is 0. The van der Waals surface area contributed by atoms with Crippen molar-refractivity contribution >= 4 is 35.6 Å². The molecule has 0 aromatic carbocycles. The third kappa shape index (κ3) is 3.46. The van der Waals surface area contributed by atoms with Crippen LogP contribution in [-0.4, -0.2) is 18.1 Å². The van der Waals surface area contributed by atoms with Crippen LogP contribution >= 0.6 is 35.6 Å². The Kier molecular flexibility index (Phi) is 5.97. The minimum atomic E-state index is -0.0925. The van der Waals surface area contributed by atoms with Gasteiger partial charge in [0.15, 0.2) is 0 Å². The molecular formula is C11H16Cl3N3. The van der Waals surface area contributed by atoms with Crippen molar-refractivity contribution in [2.75, 3.05) is 13.1 Å². The molecule has 0 spiro atoms. The minimum Gasteiger partial charge on any atom is -0.324 e. The normalized spacial score (nSPS) is 18.5. The Balaban J connectivity index is 0.00000144. The van der Waals surface area contributed by atoms with E-state index in [4.69, 9.17) is 28.9 Å². The van der Waals surface area contributed by atoms with Gasteiger partial charge in [-0.05, 0) is 31.8 Å². The Morgan fingerprint density at radius 1 is 1.24 bits per heavy atom. The largest absolute Gasteiger partial charge is 0.324 e. The molecule has 0 saturated carbocycles. The summed E-state index contributed by atoms with van der Waals surface area (Å²) >= 11 is 12.2. The molecule has 17 heavy (non-hydrogen) atoms. The van der Waals surface area contributed by atoms with Gasteiger partial charge in [-0.1, -0.05) is 23.2 Å². The van der Waals surface area contributed by atoms with Gasteiger partial charge in [-0.25, -0.2) is 0 Å². The maximum absolute atomic E-state index is 6.25. The van der Waals surface area contributed by atoms with Gasteiger partial charge in [0, 0.05) is 24.0 Å². The molecule has 0 radical (unpaired) electrons. The predicted octanol–water partition coefficient (Wildman–Crippen LogP) is 2.81. The van der Waals surface area contributed by atoms with E-state index >= 15 is 0 Å². The van der Waals surface area contributed by atoms with Crippen LogP contribution in [0.3, 0.4) is 0 Å². The van der Waals surface area contributed by atoms with Crippen LogP contribution in [0, 0.1) is 5.92 Å². The number of nitrogens with two attached hydrogens (primary N) is 1. The van der Waals surface area contributed by atoms with Crippen LogP contribution in [0.4, 0.5) is 0 Å². The molecule has 0 unspecified atom stereocenters. The van der Waals surface area contributed by atoms with Crippen LogP contribution in [0.2, 0.25) is 10.0 Å². The number of hydrogen-bond donors (Lipinski definition) is 2. The molecule has 6 heteroatoms. The summed E-state index contributed by atoms with van der Waals surface area (Å²) in [5, 5.41) is 4.45. The SMILES string of the molecule is Cl.N[C@@H](c1c(Cl)cncc1Cl)C1CCNCC1. The van der Waals surface area contributed by atoms with Gasteiger partial charge in [0.1, 0.15) is 0 Å². The number of pyridine rings is 1. The molecular weight excluding hydrogens is 281 g/mol. The fourth-order valence-electron chi connectivity index (χ4n) is 2.18. The first-order valence-electron chi connectivity index (χ1n) is 5.45. The van der Waals surface area contributed by atoms with E-state index < -0.39 is 0 Å².